The molecule has 0 aromatic carbocycles. The van der Waals surface area contributed by atoms with E-state index < -0.39 is 0 Å². The van der Waals surface area contributed by atoms with Gasteiger partial charge in [-0.25, -0.2) is 4.79 Å². The van der Waals surface area contributed by atoms with Crippen LogP contribution >= 0.6 is 0 Å². The van der Waals surface area contributed by atoms with E-state index in [-0.39, 0.29) is 23.8 Å². The number of hydrogen-bond acceptors (Lipinski definition) is 5. The Kier molecular flexibility index (Phi) is 8.72. The van der Waals surface area contributed by atoms with Crippen molar-refractivity contribution in [2.75, 3.05) is 39.3 Å². The van der Waals surface area contributed by atoms with E-state index in [4.69, 9.17) is 9.15 Å². The van der Waals surface area contributed by atoms with Crippen LogP contribution in [0.4, 0.5) is 4.79 Å². The Labute approximate surface area is 213 Å². The highest BCUT2D eigenvalue weighted by Gasteiger charge is 2.28. The summed E-state index contributed by atoms with van der Waals surface area (Å²) in [5, 5.41) is 0. The molecule has 0 bridgehead atoms. The van der Waals surface area contributed by atoms with Gasteiger partial charge < -0.3 is 28.4 Å². The van der Waals surface area contributed by atoms with Crippen molar-refractivity contribution in [2.45, 2.75) is 59.0 Å². The number of rotatable bonds is 9. The highest BCUT2D eigenvalue weighted by Crippen LogP contribution is 2.27. The quantitative estimate of drug-likeness (QED) is 0.522. The van der Waals surface area contributed by atoms with Crippen LogP contribution in [0.25, 0.3) is 0 Å². The highest BCUT2D eigenvalue weighted by atomic mass is 16.6. The van der Waals surface area contributed by atoms with Gasteiger partial charge in [-0.1, -0.05) is 19.8 Å². The summed E-state index contributed by atoms with van der Waals surface area (Å²) in [6, 6.07) is 7.57. The number of amides is 3. The van der Waals surface area contributed by atoms with E-state index in [2.05, 4.69) is 11.5 Å². The van der Waals surface area contributed by atoms with E-state index in [0.29, 0.717) is 57.4 Å². The molecular weight excluding hydrogens is 460 g/mol. The fourth-order valence-corrected chi connectivity index (χ4v) is 5.12. The van der Waals surface area contributed by atoms with Gasteiger partial charge in [-0.3, -0.25) is 9.59 Å². The minimum absolute atomic E-state index is 0.165. The maximum atomic E-state index is 13.1. The smallest absolute Gasteiger partial charge is 0.409 e. The predicted octanol–water partition coefficient (Wildman–Crippen LogP) is 3.97. The van der Waals surface area contributed by atoms with E-state index in [1.54, 1.807) is 22.8 Å². The van der Waals surface area contributed by atoms with Crippen LogP contribution in [0, 0.1) is 5.92 Å². The third kappa shape index (κ3) is 6.12. The summed E-state index contributed by atoms with van der Waals surface area (Å²) < 4.78 is 13.0. The summed E-state index contributed by atoms with van der Waals surface area (Å²) in [6.45, 7) is 7.81. The largest absolute Gasteiger partial charge is 0.454 e. The van der Waals surface area contributed by atoms with Crippen molar-refractivity contribution in [3.8, 4) is 0 Å². The van der Waals surface area contributed by atoms with Crippen molar-refractivity contribution in [1.29, 1.82) is 0 Å². The second kappa shape index (κ2) is 12.1. The Bertz CT molecular complexity index is 1030. The second-order valence-electron chi connectivity index (χ2n) is 9.61. The van der Waals surface area contributed by atoms with Crippen molar-refractivity contribution in [3.63, 3.8) is 0 Å². The average molecular weight is 499 g/mol. The summed E-state index contributed by atoms with van der Waals surface area (Å²) in [5.41, 5.74) is 1.05. The number of carbonyl (C=O) groups is 3. The lowest BCUT2D eigenvalue weighted by Crippen LogP contribution is -2.50. The van der Waals surface area contributed by atoms with Crippen molar-refractivity contribution < 1.29 is 23.5 Å². The fourth-order valence-electron chi connectivity index (χ4n) is 5.12. The molecule has 4 rings (SSSR count). The molecule has 0 radical (unpaired) electrons. The zero-order valence-electron chi connectivity index (χ0n) is 21.5. The molecule has 3 amide bonds. The molecule has 2 aromatic heterocycles. The molecule has 2 fully saturated rings. The molecule has 9 heteroatoms. The normalized spacial score (nSPS) is 16.4. The van der Waals surface area contributed by atoms with Gasteiger partial charge in [-0.15, -0.1) is 0 Å². The molecule has 1 saturated carbocycles. The number of hydrogen-bond donors (Lipinski definition) is 0. The number of aromatic nitrogens is 1. The molecular formula is C27H38N4O5. The van der Waals surface area contributed by atoms with Gasteiger partial charge in [0.25, 0.3) is 5.91 Å². The average Bonchev–Trinajstić information content (AvgIpc) is 3.67. The summed E-state index contributed by atoms with van der Waals surface area (Å²) >= 11 is 0. The van der Waals surface area contributed by atoms with E-state index in [1.165, 1.54) is 0 Å². The number of nitrogens with zero attached hydrogens (tertiary/aromatic N) is 4. The van der Waals surface area contributed by atoms with Gasteiger partial charge in [0, 0.05) is 50.5 Å². The van der Waals surface area contributed by atoms with Gasteiger partial charge in [0.1, 0.15) is 5.76 Å². The summed E-state index contributed by atoms with van der Waals surface area (Å²) in [5.74, 6) is 1.25. The van der Waals surface area contributed by atoms with Crippen molar-refractivity contribution in [3.05, 3.63) is 47.7 Å². The van der Waals surface area contributed by atoms with Crippen LogP contribution in [-0.2, 0) is 22.6 Å². The van der Waals surface area contributed by atoms with Crippen molar-refractivity contribution in [2.24, 2.45) is 5.92 Å². The summed E-state index contributed by atoms with van der Waals surface area (Å²) in [4.78, 5) is 43.2. The molecule has 3 heterocycles. The summed E-state index contributed by atoms with van der Waals surface area (Å²) in [7, 11) is 0. The number of furan rings is 1. The lowest BCUT2D eigenvalue weighted by molar-refractivity contribution is -0.136. The predicted molar refractivity (Wildman–Crippen MR) is 134 cm³/mol. The molecule has 9 nitrogen and oxygen atoms in total. The third-order valence-corrected chi connectivity index (χ3v) is 7.08. The molecule has 0 N–H and O–H groups in total. The van der Waals surface area contributed by atoms with Gasteiger partial charge in [-0.2, -0.15) is 0 Å². The maximum absolute atomic E-state index is 13.1. The van der Waals surface area contributed by atoms with Crippen LogP contribution in [0.1, 0.15) is 68.0 Å². The van der Waals surface area contributed by atoms with Gasteiger partial charge in [0.2, 0.25) is 5.91 Å². The monoisotopic (exact) mass is 498 g/mol. The molecule has 2 aromatic rings. The number of ether oxygens (including phenoxy) is 1. The van der Waals surface area contributed by atoms with Gasteiger partial charge in [-0.05, 0) is 50.5 Å². The standard InChI is InChI=1S/C27H38N4O5/c1-3-13-31(25(32)21-8-5-6-9-21)19-22-10-7-14-30(22)20-23-11-12-24(36-23)26(33)28-15-17-29(18-16-28)27(34)35-4-2/h7,10-12,14,21H,3-6,8-9,13,15-20H2,1-2H3. The Balaban J connectivity index is 1.35. The molecule has 196 valence electrons. The molecule has 36 heavy (non-hydrogen) atoms. The molecule has 0 atom stereocenters. The van der Waals surface area contributed by atoms with Crippen LogP contribution in [0.5, 0.6) is 0 Å². The Morgan fingerprint density at radius 1 is 1.03 bits per heavy atom. The third-order valence-electron chi connectivity index (χ3n) is 7.08. The second-order valence-corrected chi connectivity index (χ2v) is 9.61. The topological polar surface area (TPSA) is 88.2 Å². The number of piperazine rings is 1. The Morgan fingerprint density at radius 3 is 2.44 bits per heavy atom. The van der Waals surface area contributed by atoms with Gasteiger partial charge >= 0.3 is 6.09 Å². The summed E-state index contributed by atoms with van der Waals surface area (Å²) in [6.07, 6.45) is 6.87. The molecule has 1 aliphatic heterocycles. The first-order chi connectivity index (χ1) is 17.5. The zero-order valence-corrected chi connectivity index (χ0v) is 21.5. The van der Waals surface area contributed by atoms with E-state index >= 15 is 0 Å². The van der Waals surface area contributed by atoms with E-state index in [1.807, 2.05) is 29.3 Å². The van der Waals surface area contributed by atoms with Gasteiger partial charge in [0.05, 0.1) is 19.7 Å². The highest BCUT2D eigenvalue weighted by molar-refractivity contribution is 5.91. The maximum Gasteiger partial charge on any atom is 0.409 e. The minimum Gasteiger partial charge on any atom is -0.454 e. The molecule has 0 spiro atoms. The fraction of sp³-hybridized carbons (Fsp3) is 0.593. The van der Waals surface area contributed by atoms with Crippen molar-refractivity contribution >= 4 is 17.9 Å². The van der Waals surface area contributed by atoms with Gasteiger partial charge in [0.15, 0.2) is 5.76 Å². The Morgan fingerprint density at radius 2 is 1.75 bits per heavy atom. The van der Waals surface area contributed by atoms with Crippen LogP contribution in [-0.4, -0.2) is 76.5 Å². The molecule has 2 aliphatic rings. The van der Waals surface area contributed by atoms with E-state index in [9.17, 15) is 14.4 Å². The van der Waals surface area contributed by atoms with E-state index in [0.717, 1.165) is 44.3 Å². The first kappa shape index (κ1) is 25.9. The number of carbonyl (C=O) groups excluding carboxylic acids is 3. The molecule has 1 saturated heterocycles. The molecule has 1 aliphatic carbocycles. The SMILES string of the molecule is CCCN(Cc1cccn1Cc1ccc(C(=O)N2CCN(C(=O)OCC)CC2)o1)C(=O)C1CCCC1. The first-order valence-corrected chi connectivity index (χ1v) is 13.2. The van der Waals surface area contributed by atoms with Crippen LogP contribution in [0.2, 0.25) is 0 Å². The lowest BCUT2D eigenvalue weighted by Gasteiger charge is -2.33. The van der Waals surface area contributed by atoms with Crippen molar-refractivity contribution in [1.82, 2.24) is 19.3 Å². The first-order valence-electron chi connectivity index (χ1n) is 13.2. The molecule has 0 unspecified atom stereocenters. The van der Waals surface area contributed by atoms with Crippen LogP contribution in [0.3, 0.4) is 0 Å². The van der Waals surface area contributed by atoms with Crippen LogP contribution in [0.15, 0.2) is 34.9 Å². The lowest BCUT2D eigenvalue weighted by atomic mass is 10.1. The van der Waals surface area contributed by atoms with Crippen LogP contribution < -0.4 is 0 Å². The Hall–Kier alpha value is -3.23. The zero-order chi connectivity index (χ0) is 25.5. The minimum atomic E-state index is -0.338.